The number of aromatic nitrogens is 3. The molecular weight excluding hydrogens is 379 g/mol. The highest BCUT2D eigenvalue weighted by Gasteiger charge is 2.33. The fourth-order valence-electron chi connectivity index (χ4n) is 3.42. The number of halogens is 1. The van der Waals surface area contributed by atoms with Crippen molar-refractivity contribution in [2.24, 2.45) is 0 Å². The molecule has 0 fully saturated rings. The van der Waals surface area contributed by atoms with Gasteiger partial charge in [0.15, 0.2) is 5.82 Å². The van der Waals surface area contributed by atoms with Crippen LogP contribution < -0.4 is 15.0 Å². The molecule has 6 nitrogen and oxygen atoms in total. The van der Waals surface area contributed by atoms with Crippen molar-refractivity contribution >= 4 is 33.5 Å². The lowest BCUT2D eigenvalue weighted by atomic mass is 10.1. The monoisotopic (exact) mass is 392 g/mol. The smallest absolute Gasteiger partial charge is 0.291 e. The van der Waals surface area contributed by atoms with Gasteiger partial charge in [-0.25, -0.2) is 4.39 Å². The van der Waals surface area contributed by atoms with E-state index in [1.807, 2.05) is 31.2 Å². The number of benzene rings is 2. The van der Waals surface area contributed by atoms with Crippen molar-refractivity contribution < 1.29 is 9.18 Å². The van der Waals surface area contributed by atoms with Gasteiger partial charge < -0.3 is 4.90 Å². The lowest BCUT2D eigenvalue weighted by Gasteiger charge is -2.13. The Morgan fingerprint density at radius 1 is 1.07 bits per heavy atom. The van der Waals surface area contributed by atoms with Gasteiger partial charge >= 0.3 is 0 Å². The molecule has 0 saturated carbocycles. The average Bonchev–Trinajstić information content (AvgIpc) is 3.33. The molecule has 2 aromatic heterocycles. The lowest BCUT2D eigenvalue weighted by molar-refractivity contribution is -0.113. The summed E-state index contributed by atoms with van der Waals surface area (Å²) in [6.07, 6.45) is 0. The van der Waals surface area contributed by atoms with Crippen LogP contribution in [0.2, 0.25) is 0 Å². The van der Waals surface area contributed by atoms with Gasteiger partial charge in [0, 0.05) is 17.7 Å². The number of hydrogen-bond acceptors (Lipinski definition) is 5. The molecule has 1 aliphatic heterocycles. The van der Waals surface area contributed by atoms with Crippen molar-refractivity contribution in [1.82, 2.24) is 14.6 Å². The van der Waals surface area contributed by atoms with Crippen molar-refractivity contribution in [3.63, 3.8) is 0 Å². The Kier molecular flexibility index (Phi) is 3.63. The number of carbonyl (C=O) groups excluding carboxylic acids is 1. The van der Waals surface area contributed by atoms with Crippen LogP contribution in [-0.2, 0) is 4.79 Å². The molecule has 0 aliphatic carbocycles. The maximum atomic E-state index is 13.1. The van der Waals surface area contributed by atoms with Crippen LogP contribution in [0.5, 0.6) is 0 Å². The second kappa shape index (κ2) is 6.07. The Labute approximate surface area is 162 Å². The lowest BCUT2D eigenvalue weighted by Crippen LogP contribution is -2.32. The van der Waals surface area contributed by atoms with Gasteiger partial charge in [-0.05, 0) is 37.3 Å². The largest absolute Gasteiger partial charge is 0.308 e. The maximum absolute atomic E-state index is 13.1. The zero-order chi connectivity index (χ0) is 19.4. The number of amides is 1. The zero-order valence-corrected chi connectivity index (χ0v) is 15.5. The van der Waals surface area contributed by atoms with Crippen molar-refractivity contribution in [1.29, 1.82) is 0 Å². The fraction of sp³-hybridized carbons (Fsp3) is 0.100. The molecule has 0 atom stereocenters. The molecule has 4 aromatic rings. The van der Waals surface area contributed by atoms with Crippen molar-refractivity contribution in [2.75, 3.05) is 11.4 Å². The van der Waals surface area contributed by atoms with E-state index in [4.69, 9.17) is 0 Å². The number of nitrogens with zero attached hydrogens (tertiary/aromatic N) is 4. The zero-order valence-electron chi connectivity index (χ0n) is 14.7. The number of hydrogen-bond donors (Lipinski definition) is 0. The minimum absolute atomic E-state index is 0.191. The molecule has 8 heteroatoms. The minimum atomic E-state index is -0.378. The molecule has 1 amide bonds. The van der Waals surface area contributed by atoms with Crippen LogP contribution >= 0.6 is 11.3 Å². The summed E-state index contributed by atoms with van der Waals surface area (Å²) in [6.45, 7) is 2.41. The molecular formula is C20H13FN4O2S. The van der Waals surface area contributed by atoms with E-state index in [0.29, 0.717) is 33.0 Å². The van der Waals surface area contributed by atoms with E-state index < -0.39 is 0 Å². The van der Waals surface area contributed by atoms with Gasteiger partial charge in [0.2, 0.25) is 4.96 Å². The first kappa shape index (κ1) is 16.8. The third-order valence-corrected chi connectivity index (χ3v) is 5.76. The molecule has 0 bridgehead atoms. The van der Waals surface area contributed by atoms with E-state index in [0.717, 1.165) is 22.6 Å². The molecule has 0 unspecified atom stereocenters. The molecule has 0 spiro atoms. The number of likely N-dealkylation sites (N-methyl/N-ethyl adjacent to an activating group) is 1. The quantitative estimate of drug-likeness (QED) is 0.525. The van der Waals surface area contributed by atoms with Crippen molar-refractivity contribution in [2.45, 2.75) is 6.92 Å². The molecule has 3 heterocycles. The second-order valence-corrected chi connectivity index (χ2v) is 7.29. The number of thiazole rings is 1. The topological polar surface area (TPSA) is 67.6 Å². The molecule has 0 N–H and O–H groups in total. The predicted octanol–water partition coefficient (Wildman–Crippen LogP) is 2.24. The third-order valence-electron chi connectivity index (χ3n) is 4.73. The standard InChI is InChI=1S/C20H13FN4O2S/c1-2-24-14-6-4-3-5-13(14)15(18(24)26)16-19(27)25-20(28-16)22-17(23-25)11-7-9-12(21)10-8-11/h3-10H,2H2,1H3. The first-order valence-corrected chi connectivity index (χ1v) is 9.51. The molecule has 28 heavy (non-hydrogen) atoms. The summed E-state index contributed by atoms with van der Waals surface area (Å²) in [5, 5.41) is 4.27. The molecule has 5 rings (SSSR count). The molecule has 0 radical (unpaired) electrons. The summed E-state index contributed by atoms with van der Waals surface area (Å²) < 4.78 is 14.7. The van der Waals surface area contributed by atoms with E-state index in [-0.39, 0.29) is 17.3 Å². The second-order valence-electron chi connectivity index (χ2n) is 6.31. The van der Waals surface area contributed by atoms with Crippen molar-refractivity contribution in [3.8, 4) is 11.4 Å². The summed E-state index contributed by atoms with van der Waals surface area (Å²) in [5.74, 6) is -0.204. The number of rotatable bonds is 2. The van der Waals surface area contributed by atoms with Gasteiger partial charge in [-0.2, -0.15) is 9.50 Å². The van der Waals surface area contributed by atoms with Gasteiger partial charge in [0.1, 0.15) is 10.3 Å². The maximum Gasteiger partial charge on any atom is 0.291 e. The van der Waals surface area contributed by atoms with Gasteiger partial charge in [0.05, 0.1) is 11.3 Å². The summed E-state index contributed by atoms with van der Waals surface area (Å²) in [7, 11) is 0. The molecule has 0 saturated heterocycles. The highest BCUT2D eigenvalue weighted by Crippen LogP contribution is 2.34. The minimum Gasteiger partial charge on any atom is -0.308 e. The van der Waals surface area contributed by atoms with Crippen LogP contribution in [0.4, 0.5) is 10.1 Å². The average molecular weight is 392 g/mol. The highest BCUT2D eigenvalue weighted by atomic mass is 32.1. The van der Waals surface area contributed by atoms with Gasteiger partial charge in [-0.15, -0.1) is 5.10 Å². The van der Waals surface area contributed by atoms with Gasteiger partial charge in [-0.3, -0.25) is 9.59 Å². The first-order chi connectivity index (χ1) is 13.6. The Bertz CT molecular complexity index is 1360. The number of fused-ring (bicyclic) bond motifs is 2. The number of carbonyl (C=O) groups is 1. The van der Waals surface area contributed by atoms with E-state index in [9.17, 15) is 14.0 Å². The van der Waals surface area contributed by atoms with Crippen molar-refractivity contribution in [3.05, 3.63) is 74.8 Å². The van der Waals surface area contributed by atoms with E-state index >= 15 is 0 Å². The summed E-state index contributed by atoms with van der Waals surface area (Å²) in [6, 6.07) is 13.2. The molecule has 2 aromatic carbocycles. The van der Waals surface area contributed by atoms with Crippen LogP contribution in [0.3, 0.4) is 0 Å². The van der Waals surface area contributed by atoms with Crippen LogP contribution in [0.15, 0.2) is 53.3 Å². The Hall–Kier alpha value is -3.39. The van der Waals surface area contributed by atoms with Crippen LogP contribution in [0.25, 0.3) is 21.9 Å². The number of anilines is 1. The van der Waals surface area contributed by atoms with Crippen LogP contribution in [0, 0.1) is 5.82 Å². The van der Waals surface area contributed by atoms with E-state index in [1.165, 1.54) is 16.6 Å². The normalized spacial score (nSPS) is 15.5. The van der Waals surface area contributed by atoms with E-state index in [1.54, 1.807) is 17.0 Å². The Balaban J connectivity index is 1.74. The third kappa shape index (κ3) is 2.31. The molecule has 1 aliphatic rings. The summed E-state index contributed by atoms with van der Waals surface area (Å²) in [4.78, 5) is 32.4. The first-order valence-electron chi connectivity index (χ1n) is 8.69. The fourth-order valence-corrected chi connectivity index (χ4v) is 4.42. The van der Waals surface area contributed by atoms with Gasteiger partial charge in [-0.1, -0.05) is 29.5 Å². The van der Waals surface area contributed by atoms with E-state index in [2.05, 4.69) is 10.1 Å². The van der Waals surface area contributed by atoms with Crippen LogP contribution in [-0.4, -0.2) is 27.0 Å². The summed E-state index contributed by atoms with van der Waals surface area (Å²) >= 11 is 1.14. The highest BCUT2D eigenvalue weighted by molar-refractivity contribution is 7.15. The molecule has 138 valence electrons. The Morgan fingerprint density at radius 2 is 1.82 bits per heavy atom. The Morgan fingerprint density at radius 3 is 2.54 bits per heavy atom. The van der Waals surface area contributed by atoms with Crippen LogP contribution in [0.1, 0.15) is 12.5 Å². The number of para-hydroxylation sites is 1. The SMILES string of the molecule is CCN1C(=O)C(=c2sc3nc(-c4ccc(F)cc4)nn3c2=O)c2ccccc21. The summed E-state index contributed by atoms with van der Waals surface area (Å²) in [5.41, 5.74) is 2.18. The predicted molar refractivity (Wildman–Crippen MR) is 105 cm³/mol. The van der Waals surface area contributed by atoms with Gasteiger partial charge in [0.25, 0.3) is 11.5 Å².